The molecule has 2 aromatic heterocycles. The third kappa shape index (κ3) is 4.07. The van der Waals surface area contributed by atoms with Gasteiger partial charge < -0.3 is 13.9 Å². The number of carbonyl (C=O) groups excluding carboxylic acids is 1. The second-order valence-corrected chi connectivity index (χ2v) is 7.33. The first-order valence-corrected chi connectivity index (χ1v) is 9.84. The molecule has 8 heteroatoms. The number of fused-ring (bicyclic) bond motifs is 2. The Morgan fingerprint density at radius 3 is 2.90 bits per heavy atom. The Kier molecular flexibility index (Phi) is 5.18. The highest BCUT2D eigenvalue weighted by molar-refractivity contribution is 7.22. The zero-order chi connectivity index (χ0) is 20.4. The van der Waals surface area contributed by atoms with E-state index >= 15 is 0 Å². The van der Waals surface area contributed by atoms with E-state index in [1.165, 1.54) is 17.4 Å². The highest BCUT2D eigenvalue weighted by Crippen LogP contribution is 2.32. The van der Waals surface area contributed by atoms with Crippen LogP contribution in [0.4, 0.5) is 5.13 Å². The topological polar surface area (TPSA) is 90.7 Å². The van der Waals surface area contributed by atoms with E-state index in [1.54, 1.807) is 18.2 Å². The largest absolute Gasteiger partial charge is 0.492 e. The van der Waals surface area contributed by atoms with Gasteiger partial charge in [0, 0.05) is 17.5 Å². The third-order valence-corrected chi connectivity index (χ3v) is 5.16. The van der Waals surface area contributed by atoms with Gasteiger partial charge in [-0.05, 0) is 43.7 Å². The molecule has 0 aliphatic rings. The van der Waals surface area contributed by atoms with Gasteiger partial charge in [0.25, 0.3) is 5.91 Å². The molecule has 0 atom stereocenters. The molecule has 29 heavy (non-hydrogen) atoms. The van der Waals surface area contributed by atoms with Crippen LogP contribution in [0.3, 0.4) is 0 Å². The van der Waals surface area contributed by atoms with Crippen LogP contribution >= 0.6 is 11.3 Å². The average molecular weight is 410 g/mol. The molecule has 0 spiro atoms. The number of para-hydroxylation sites is 1. The van der Waals surface area contributed by atoms with Crippen LogP contribution in [-0.2, 0) is 4.79 Å². The summed E-state index contributed by atoms with van der Waals surface area (Å²) in [5, 5.41) is 4.03. The maximum absolute atomic E-state index is 12.3. The summed E-state index contributed by atoms with van der Waals surface area (Å²) in [6, 6.07) is 12.2. The van der Waals surface area contributed by atoms with Gasteiger partial charge in [0.05, 0.1) is 11.3 Å². The molecule has 0 saturated carbocycles. The molecule has 7 nitrogen and oxygen atoms in total. The first kappa shape index (κ1) is 18.9. The molecule has 1 amide bonds. The molecule has 0 aliphatic carbocycles. The lowest BCUT2D eigenvalue weighted by atomic mass is 10.1. The van der Waals surface area contributed by atoms with E-state index in [4.69, 9.17) is 13.9 Å². The van der Waals surface area contributed by atoms with Crippen molar-refractivity contribution in [3.63, 3.8) is 0 Å². The highest BCUT2D eigenvalue weighted by atomic mass is 32.1. The van der Waals surface area contributed by atoms with Crippen molar-refractivity contribution in [3.8, 4) is 11.5 Å². The summed E-state index contributed by atoms with van der Waals surface area (Å²) in [5.74, 6) is 0.781. The molecule has 4 rings (SSSR count). The number of hydrogen-bond acceptors (Lipinski definition) is 7. The maximum atomic E-state index is 12.3. The lowest BCUT2D eigenvalue weighted by Gasteiger charge is -2.07. The molecule has 2 aromatic carbocycles. The highest BCUT2D eigenvalue weighted by Gasteiger charge is 2.12. The van der Waals surface area contributed by atoms with Gasteiger partial charge >= 0.3 is 5.63 Å². The fraction of sp³-hybridized carbons (Fsp3) is 0.190. The van der Waals surface area contributed by atoms with Gasteiger partial charge in [0.1, 0.15) is 22.6 Å². The van der Waals surface area contributed by atoms with Crippen LogP contribution in [0.15, 0.2) is 51.7 Å². The standard InChI is InChI=1S/C21H18N2O5S/c1-3-26-15-5-4-6-17-20(15)23-21(29-17)22-18(24)11-27-13-7-8-14-12(2)9-19(25)28-16(14)10-13/h4-10H,3,11H2,1-2H3,(H,22,23,24). The molecular formula is C21H18N2O5S. The van der Waals surface area contributed by atoms with Gasteiger partial charge in [-0.3, -0.25) is 10.1 Å². The molecule has 4 aromatic rings. The first-order chi connectivity index (χ1) is 14.0. The second-order valence-electron chi connectivity index (χ2n) is 6.30. The minimum absolute atomic E-state index is 0.199. The second kappa shape index (κ2) is 7.92. The summed E-state index contributed by atoms with van der Waals surface area (Å²) in [6.07, 6.45) is 0. The van der Waals surface area contributed by atoms with Crippen LogP contribution in [0, 0.1) is 6.92 Å². The molecular weight excluding hydrogens is 392 g/mol. The van der Waals surface area contributed by atoms with E-state index in [0.717, 1.165) is 21.2 Å². The van der Waals surface area contributed by atoms with Crippen molar-refractivity contribution in [2.45, 2.75) is 13.8 Å². The van der Waals surface area contributed by atoms with Crippen LogP contribution < -0.4 is 20.4 Å². The number of thiazole rings is 1. The monoisotopic (exact) mass is 410 g/mol. The van der Waals surface area contributed by atoms with E-state index in [0.29, 0.717) is 28.8 Å². The summed E-state index contributed by atoms with van der Waals surface area (Å²) >= 11 is 1.36. The van der Waals surface area contributed by atoms with E-state index < -0.39 is 5.63 Å². The molecule has 0 bridgehead atoms. The summed E-state index contributed by atoms with van der Waals surface area (Å²) < 4.78 is 17.2. The normalized spacial score (nSPS) is 11.0. The number of nitrogens with one attached hydrogen (secondary N) is 1. The van der Waals surface area contributed by atoms with Gasteiger partial charge in [0.15, 0.2) is 11.7 Å². The number of benzene rings is 2. The van der Waals surface area contributed by atoms with Crippen molar-refractivity contribution < 1.29 is 18.7 Å². The Morgan fingerprint density at radius 1 is 1.21 bits per heavy atom. The molecule has 148 valence electrons. The van der Waals surface area contributed by atoms with Gasteiger partial charge in [0.2, 0.25) is 0 Å². The summed E-state index contributed by atoms with van der Waals surface area (Å²) in [4.78, 5) is 28.3. The Bertz CT molecular complexity index is 1260. The Labute approximate surface area is 169 Å². The summed E-state index contributed by atoms with van der Waals surface area (Å²) in [5.41, 5.74) is 1.54. The lowest BCUT2D eigenvalue weighted by molar-refractivity contribution is -0.118. The average Bonchev–Trinajstić information content (AvgIpc) is 3.09. The number of nitrogens with zero attached hydrogens (tertiary/aromatic N) is 1. The van der Waals surface area contributed by atoms with Crippen LogP contribution in [0.2, 0.25) is 0 Å². The van der Waals surface area contributed by atoms with Crippen molar-refractivity contribution >= 4 is 43.6 Å². The van der Waals surface area contributed by atoms with Crippen molar-refractivity contribution in [1.82, 2.24) is 4.98 Å². The van der Waals surface area contributed by atoms with Crippen LogP contribution in [0.5, 0.6) is 11.5 Å². The van der Waals surface area contributed by atoms with Crippen LogP contribution in [-0.4, -0.2) is 24.1 Å². The van der Waals surface area contributed by atoms with Crippen molar-refractivity contribution in [1.29, 1.82) is 0 Å². The zero-order valence-corrected chi connectivity index (χ0v) is 16.7. The lowest BCUT2D eigenvalue weighted by Crippen LogP contribution is -2.20. The number of ether oxygens (including phenoxy) is 2. The SMILES string of the molecule is CCOc1cccc2sc(NC(=O)COc3ccc4c(C)cc(=O)oc4c3)nc12. The van der Waals surface area contributed by atoms with Crippen molar-refractivity contribution in [2.75, 3.05) is 18.5 Å². The molecule has 2 heterocycles. The molecule has 0 aliphatic heterocycles. The van der Waals surface area contributed by atoms with Crippen molar-refractivity contribution in [3.05, 3.63) is 58.4 Å². The number of amides is 1. The fourth-order valence-electron chi connectivity index (χ4n) is 2.95. The number of aryl methyl sites for hydroxylation is 1. The van der Waals surface area contributed by atoms with Gasteiger partial charge in [-0.2, -0.15) is 0 Å². The minimum Gasteiger partial charge on any atom is -0.492 e. The molecule has 0 fully saturated rings. The van der Waals surface area contributed by atoms with Crippen molar-refractivity contribution in [2.24, 2.45) is 0 Å². The van der Waals surface area contributed by atoms with Crippen LogP contribution in [0.1, 0.15) is 12.5 Å². The van der Waals surface area contributed by atoms with E-state index in [2.05, 4.69) is 10.3 Å². The predicted octanol–water partition coefficient (Wildman–Crippen LogP) is 4.13. The number of aromatic nitrogens is 1. The van der Waals surface area contributed by atoms with Gasteiger partial charge in [-0.1, -0.05) is 17.4 Å². The van der Waals surface area contributed by atoms with Gasteiger partial charge in [-0.25, -0.2) is 9.78 Å². The van der Waals surface area contributed by atoms with Gasteiger partial charge in [-0.15, -0.1) is 0 Å². The Hall–Kier alpha value is -3.39. The zero-order valence-electron chi connectivity index (χ0n) is 15.9. The molecule has 1 N–H and O–H groups in total. The van der Waals surface area contributed by atoms with E-state index in [-0.39, 0.29) is 12.5 Å². The number of hydrogen-bond donors (Lipinski definition) is 1. The smallest absolute Gasteiger partial charge is 0.336 e. The molecule has 0 unspecified atom stereocenters. The fourth-order valence-corrected chi connectivity index (χ4v) is 3.85. The molecule has 0 radical (unpaired) electrons. The number of carbonyl (C=O) groups is 1. The maximum Gasteiger partial charge on any atom is 0.336 e. The minimum atomic E-state index is -0.424. The summed E-state index contributed by atoms with van der Waals surface area (Å²) in [6.45, 7) is 4.08. The molecule has 0 saturated heterocycles. The first-order valence-electron chi connectivity index (χ1n) is 9.03. The Morgan fingerprint density at radius 2 is 2.07 bits per heavy atom. The summed E-state index contributed by atoms with van der Waals surface area (Å²) in [7, 11) is 0. The van der Waals surface area contributed by atoms with E-state index in [9.17, 15) is 9.59 Å². The van der Waals surface area contributed by atoms with Crippen LogP contribution in [0.25, 0.3) is 21.2 Å². The quantitative estimate of drug-likeness (QED) is 0.481. The predicted molar refractivity (Wildman–Crippen MR) is 112 cm³/mol. The Balaban J connectivity index is 1.45. The number of rotatable bonds is 6. The number of anilines is 1. The third-order valence-electron chi connectivity index (χ3n) is 4.22. The van der Waals surface area contributed by atoms with E-state index in [1.807, 2.05) is 32.0 Å².